The van der Waals surface area contributed by atoms with Crippen LogP contribution in [0.15, 0.2) is 36.7 Å². The number of nitrogens with zero attached hydrogens (tertiary/aromatic N) is 3. The lowest BCUT2D eigenvalue weighted by Crippen LogP contribution is -2.26. The highest BCUT2D eigenvalue weighted by Gasteiger charge is 2.21. The Morgan fingerprint density at radius 3 is 2.76 bits per heavy atom. The van der Waals surface area contributed by atoms with Gasteiger partial charge in [-0.25, -0.2) is 9.97 Å². The number of hydrogen-bond acceptors (Lipinski definition) is 4. The molecule has 108 valence electrons. The molecular weight excluding hydrogens is 260 g/mol. The molecule has 0 spiro atoms. The Kier molecular flexibility index (Phi) is 3.31. The van der Waals surface area contributed by atoms with Crippen molar-refractivity contribution >= 4 is 11.6 Å². The second kappa shape index (κ2) is 5.45. The van der Waals surface area contributed by atoms with Gasteiger partial charge in [-0.1, -0.05) is 18.2 Å². The van der Waals surface area contributed by atoms with E-state index in [9.17, 15) is 0 Å². The van der Waals surface area contributed by atoms with Gasteiger partial charge in [-0.15, -0.1) is 0 Å². The number of aromatic nitrogens is 2. The van der Waals surface area contributed by atoms with Gasteiger partial charge >= 0.3 is 0 Å². The number of fused-ring (bicyclic) bond motifs is 1. The monoisotopic (exact) mass is 280 g/mol. The molecule has 0 saturated heterocycles. The van der Waals surface area contributed by atoms with Crippen molar-refractivity contribution in [3.8, 4) is 0 Å². The van der Waals surface area contributed by atoms with E-state index in [1.54, 1.807) is 0 Å². The van der Waals surface area contributed by atoms with Gasteiger partial charge in [-0.3, -0.25) is 0 Å². The summed E-state index contributed by atoms with van der Waals surface area (Å²) in [5.41, 5.74) is 3.82. The van der Waals surface area contributed by atoms with Crippen LogP contribution in [0.3, 0.4) is 0 Å². The second-order valence-corrected chi connectivity index (χ2v) is 5.93. The fourth-order valence-corrected chi connectivity index (χ4v) is 2.87. The van der Waals surface area contributed by atoms with E-state index in [1.165, 1.54) is 24.1 Å². The van der Waals surface area contributed by atoms with Gasteiger partial charge < -0.3 is 10.2 Å². The van der Waals surface area contributed by atoms with E-state index in [-0.39, 0.29) is 0 Å². The van der Waals surface area contributed by atoms with E-state index in [2.05, 4.69) is 44.5 Å². The lowest BCUT2D eigenvalue weighted by molar-refractivity contribution is 0.681. The Balaban J connectivity index is 1.53. The third-order valence-corrected chi connectivity index (χ3v) is 4.22. The first-order valence-corrected chi connectivity index (χ1v) is 7.80. The number of para-hydroxylation sites is 1. The third kappa shape index (κ3) is 2.76. The number of aryl methyl sites for hydroxylation is 1. The molecule has 4 nitrogen and oxygen atoms in total. The van der Waals surface area contributed by atoms with Crippen molar-refractivity contribution in [1.82, 2.24) is 15.3 Å². The lowest BCUT2D eigenvalue weighted by atomic mass is 10.0. The first kappa shape index (κ1) is 12.8. The van der Waals surface area contributed by atoms with Gasteiger partial charge in [0.25, 0.3) is 0 Å². The van der Waals surface area contributed by atoms with Gasteiger partial charge in [-0.2, -0.15) is 0 Å². The molecule has 0 radical (unpaired) electrons. The molecule has 1 N–H and O–H groups in total. The molecular formula is C17H20N4. The smallest absolute Gasteiger partial charge is 0.229 e. The maximum atomic E-state index is 4.57. The first-order valence-electron chi connectivity index (χ1n) is 7.80. The molecule has 0 bridgehead atoms. The quantitative estimate of drug-likeness (QED) is 0.935. The Bertz CT molecular complexity index is 619. The summed E-state index contributed by atoms with van der Waals surface area (Å²) in [5.74, 6) is 0.817. The molecule has 0 amide bonds. The average Bonchev–Trinajstić information content (AvgIpc) is 3.37. The summed E-state index contributed by atoms with van der Waals surface area (Å²) < 4.78 is 0. The van der Waals surface area contributed by atoms with Crippen LogP contribution in [0.4, 0.5) is 11.6 Å². The van der Waals surface area contributed by atoms with E-state index in [0.717, 1.165) is 43.5 Å². The van der Waals surface area contributed by atoms with Crippen LogP contribution in [0, 0.1) is 0 Å². The van der Waals surface area contributed by atoms with E-state index in [1.807, 2.05) is 12.4 Å². The molecule has 1 aliphatic carbocycles. The number of hydrogen-bond donors (Lipinski definition) is 1. The molecule has 1 aliphatic heterocycles. The maximum Gasteiger partial charge on any atom is 0.229 e. The van der Waals surface area contributed by atoms with Crippen molar-refractivity contribution in [2.24, 2.45) is 0 Å². The first-order chi connectivity index (χ1) is 10.4. The largest absolute Gasteiger partial charge is 0.310 e. The molecule has 2 heterocycles. The van der Waals surface area contributed by atoms with Crippen LogP contribution in [0.2, 0.25) is 0 Å². The predicted octanol–water partition coefficient (Wildman–Crippen LogP) is 2.81. The molecule has 21 heavy (non-hydrogen) atoms. The fraction of sp³-hybridized carbons (Fsp3) is 0.412. The second-order valence-electron chi connectivity index (χ2n) is 5.93. The van der Waals surface area contributed by atoms with Crippen LogP contribution in [0.5, 0.6) is 0 Å². The van der Waals surface area contributed by atoms with Crippen molar-refractivity contribution < 1.29 is 0 Å². The Morgan fingerprint density at radius 2 is 1.95 bits per heavy atom. The zero-order chi connectivity index (χ0) is 14.1. The van der Waals surface area contributed by atoms with Crippen LogP contribution in [0.1, 0.15) is 30.4 Å². The molecule has 1 aromatic heterocycles. The van der Waals surface area contributed by atoms with Crippen molar-refractivity contribution in [3.63, 3.8) is 0 Å². The Labute approximate surface area is 125 Å². The van der Waals surface area contributed by atoms with Crippen LogP contribution in [-0.4, -0.2) is 22.6 Å². The molecule has 1 saturated carbocycles. The van der Waals surface area contributed by atoms with E-state index >= 15 is 0 Å². The van der Waals surface area contributed by atoms with Gasteiger partial charge in [-0.05, 0) is 37.3 Å². The minimum Gasteiger partial charge on any atom is -0.310 e. The molecule has 2 aromatic rings. The van der Waals surface area contributed by atoms with E-state index in [0.29, 0.717) is 0 Å². The number of benzene rings is 1. The topological polar surface area (TPSA) is 41.1 Å². The van der Waals surface area contributed by atoms with Crippen molar-refractivity contribution in [2.75, 3.05) is 11.4 Å². The van der Waals surface area contributed by atoms with Gasteiger partial charge in [0, 0.05) is 42.8 Å². The zero-order valence-electron chi connectivity index (χ0n) is 12.1. The molecule has 2 aliphatic rings. The molecule has 4 rings (SSSR count). The zero-order valence-corrected chi connectivity index (χ0v) is 12.1. The number of anilines is 2. The summed E-state index contributed by atoms with van der Waals surface area (Å²) in [6.45, 7) is 1.87. The van der Waals surface area contributed by atoms with E-state index < -0.39 is 0 Å². The molecule has 1 aromatic carbocycles. The minimum atomic E-state index is 0.721. The minimum absolute atomic E-state index is 0.721. The SMILES string of the molecule is c1ccc2c(c1)CCCN2c1ncc(CNC2CC2)cn1. The van der Waals surface area contributed by atoms with Gasteiger partial charge in [0.2, 0.25) is 5.95 Å². The maximum absolute atomic E-state index is 4.57. The normalized spacial score (nSPS) is 17.6. The molecule has 0 atom stereocenters. The van der Waals surface area contributed by atoms with Crippen LogP contribution < -0.4 is 10.2 Å². The summed E-state index contributed by atoms with van der Waals surface area (Å²) in [7, 11) is 0. The Hall–Kier alpha value is -1.94. The fourth-order valence-electron chi connectivity index (χ4n) is 2.87. The van der Waals surface area contributed by atoms with Gasteiger partial charge in [0.1, 0.15) is 0 Å². The average molecular weight is 280 g/mol. The highest BCUT2D eigenvalue weighted by Crippen LogP contribution is 2.31. The van der Waals surface area contributed by atoms with Crippen LogP contribution >= 0.6 is 0 Å². The number of nitrogens with one attached hydrogen (secondary N) is 1. The highest BCUT2D eigenvalue weighted by atomic mass is 15.3. The van der Waals surface area contributed by atoms with Gasteiger partial charge in [0.05, 0.1) is 0 Å². The number of rotatable bonds is 4. The highest BCUT2D eigenvalue weighted by molar-refractivity contribution is 5.63. The Morgan fingerprint density at radius 1 is 1.14 bits per heavy atom. The third-order valence-electron chi connectivity index (χ3n) is 4.22. The summed E-state index contributed by atoms with van der Waals surface area (Å²) in [6.07, 6.45) is 8.83. The predicted molar refractivity (Wildman–Crippen MR) is 83.7 cm³/mol. The van der Waals surface area contributed by atoms with Crippen molar-refractivity contribution in [1.29, 1.82) is 0 Å². The van der Waals surface area contributed by atoms with E-state index in [4.69, 9.17) is 0 Å². The summed E-state index contributed by atoms with van der Waals surface area (Å²) >= 11 is 0. The molecule has 0 unspecified atom stereocenters. The summed E-state index contributed by atoms with van der Waals surface area (Å²) in [6, 6.07) is 9.29. The van der Waals surface area contributed by atoms with Crippen molar-refractivity contribution in [3.05, 3.63) is 47.8 Å². The van der Waals surface area contributed by atoms with Crippen LogP contribution in [0.25, 0.3) is 0 Å². The molecule has 4 heteroatoms. The lowest BCUT2D eigenvalue weighted by Gasteiger charge is -2.29. The van der Waals surface area contributed by atoms with Gasteiger partial charge in [0.15, 0.2) is 0 Å². The summed E-state index contributed by atoms with van der Waals surface area (Å²) in [4.78, 5) is 11.4. The molecule has 1 fully saturated rings. The van der Waals surface area contributed by atoms with Crippen LogP contribution in [-0.2, 0) is 13.0 Å². The standard InChI is InChI=1S/C17H20N4/c1-2-6-16-14(4-1)5-3-9-21(16)17-19-11-13(12-20-17)10-18-15-7-8-15/h1-2,4,6,11-12,15,18H,3,5,7-10H2. The summed E-state index contributed by atoms with van der Waals surface area (Å²) in [5, 5.41) is 3.49. The van der Waals surface area contributed by atoms with Crippen molar-refractivity contribution in [2.45, 2.75) is 38.3 Å².